The maximum absolute atomic E-state index is 12.1. The molecule has 8 N–H and O–H groups in total. The highest BCUT2D eigenvalue weighted by Gasteiger charge is 2.20. The lowest BCUT2D eigenvalue weighted by Gasteiger charge is -2.37. The molecular weight excluding hydrogens is 648 g/mol. The number of benzene rings is 3. The van der Waals surface area contributed by atoms with Gasteiger partial charge < -0.3 is 42.0 Å². The molecule has 3 aromatic carbocycles. The fourth-order valence-corrected chi connectivity index (χ4v) is 5.43. The van der Waals surface area contributed by atoms with Gasteiger partial charge in [0.05, 0.1) is 12.3 Å². The number of para-hydroxylation sites is 1. The maximum atomic E-state index is 12.1. The third kappa shape index (κ3) is 10.3. The van der Waals surface area contributed by atoms with Gasteiger partial charge in [-0.05, 0) is 62.2 Å². The zero-order valence-electron chi connectivity index (χ0n) is 26.8. The molecule has 1 saturated heterocycles. The molecular formula is C35H45BrN6O4. The van der Waals surface area contributed by atoms with Crippen molar-refractivity contribution >= 4 is 27.7 Å². The van der Waals surface area contributed by atoms with Gasteiger partial charge in [0.25, 0.3) is 0 Å². The van der Waals surface area contributed by atoms with Crippen LogP contribution in [0.4, 0.5) is 4.79 Å². The van der Waals surface area contributed by atoms with Gasteiger partial charge >= 0.3 is 6.09 Å². The quantitative estimate of drug-likeness (QED) is 0.175. The Morgan fingerprint density at radius 3 is 2.30 bits per heavy atom. The van der Waals surface area contributed by atoms with Crippen LogP contribution in [0.5, 0.6) is 11.5 Å². The number of hydrogen-bond acceptors (Lipinski definition) is 9. The van der Waals surface area contributed by atoms with Crippen molar-refractivity contribution in [1.82, 2.24) is 15.1 Å². The summed E-state index contributed by atoms with van der Waals surface area (Å²) in [5.74, 6) is 1.02. The monoisotopic (exact) mass is 692 g/mol. The molecule has 0 saturated carbocycles. The lowest BCUT2D eigenvalue weighted by molar-refractivity contribution is 0.0523. The van der Waals surface area contributed by atoms with E-state index in [9.17, 15) is 9.90 Å². The van der Waals surface area contributed by atoms with Crippen LogP contribution in [0.25, 0.3) is 5.70 Å². The number of phenolic OH excluding ortho intramolecular Hbond substituents is 1. The largest absolute Gasteiger partial charge is 0.507 e. The van der Waals surface area contributed by atoms with Crippen molar-refractivity contribution in [1.29, 1.82) is 0 Å². The molecule has 0 spiro atoms. The predicted molar refractivity (Wildman–Crippen MR) is 185 cm³/mol. The van der Waals surface area contributed by atoms with Crippen molar-refractivity contribution in [2.24, 2.45) is 17.2 Å². The Kier molecular flexibility index (Phi) is 11.8. The Balaban J connectivity index is 1.25. The molecule has 3 aromatic rings. The summed E-state index contributed by atoms with van der Waals surface area (Å²) in [6.07, 6.45) is 2.02. The molecule has 11 heteroatoms. The van der Waals surface area contributed by atoms with E-state index >= 15 is 0 Å². The fraction of sp³-hybridized carbons (Fsp3) is 0.343. The number of alkyl carbamates (subject to hydrolysis) is 1. The molecule has 0 aromatic heterocycles. The number of carbonyl (C=O) groups excluding carboxylic acids is 1. The van der Waals surface area contributed by atoms with Gasteiger partial charge in [0.1, 0.15) is 22.9 Å². The SMILES string of the molecule is CC(C)(C)OC(=O)NCc1ccc(Br)cc1OCCc1ccc(CN2CCN(C(/C=C(\N)c3ccccc3O)=C(N)N)CC2)cc1. The van der Waals surface area contributed by atoms with Crippen molar-refractivity contribution in [3.05, 3.63) is 111 Å². The summed E-state index contributed by atoms with van der Waals surface area (Å²) in [5, 5.41) is 13.0. The van der Waals surface area contributed by atoms with Crippen LogP contribution in [0.15, 0.2) is 88.8 Å². The Hall–Kier alpha value is -4.35. The van der Waals surface area contributed by atoms with Gasteiger partial charge in [0, 0.05) is 67.0 Å². The van der Waals surface area contributed by atoms with Crippen LogP contribution in [0.2, 0.25) is 0 Å². The molecule has 1 heterocycles. The van der Waals surface area contributed by atoms with Gasteiger partial charge in [-0.25, -0.2) is 4.79 Å². The number of allylic oxidation sites excluding steroid dienone is 1. The molecule has 1 aliphatic rings. The van der Waals surface area contributed by atoms with Crippen LogP contribution in [0.3, 0.4) is 0 Å². The summed E-state index contributed by atoms with van der Waals surface area (Å²) in [6, 6.07) is 21.3. The smallest absolute Gasteiger partial charge is 0.407 e. The van der Waals surface area contributed by atoms with E-state index < -0.39 is 11.7 Å². The summed E-state index contributed by atoms with van der Waals surface area (Å²) in [6.45, 7) is 10.3. The summed E-state index contributed by atoms with van der Waals surface area (Å²) >= 11 is 3.51. The van der Waals surface area contributed by atoms with E-state index in [1.54, 1.807) is 24.3 Å². The van der Waals surface area contributed by atoms with Crippen LogP contribution in [0.1, 0.15) is 43.0 Å². The second-order valence-electron chi connectivity index (χ2n) is 12.2. The van der Waals surface area contributed by atoms with Crippen molar-refractivity contribution in [2.75, 3.05) is 32.8 Å². The van der Waals surface area contributed by atoms with E-state index in [1.807, 2.05) is 45.0 Å². The van der Waals surface area contributed by atoms with E-state index in [-0.39, 0.29) is 11.6 Å². The van der Waals surface area contributed by atoms with Crippen LogP contribution in [0, 0.1) is 0 Å². The number of piperazine rings is 1. The third-order valence-electron chi connectivity index (χ3n) is 7.44. The number of hydrogen-bond donors (Lipinski definition) is 5. The van der Waals surface area contributed by atoms with Gasteiger partial charge in [-0.15, -0.1) is 0 Å². The first-order valence-electron chi connectivity index (χ1n) is 15.3. The first-order valence-corrected chi connectivity index (χ1v) is 16.1. The van der Waals surface area contributed by atoms with Crippen molar-refractivity contribution < 1.29 is 19.4 Å². The first kappa shape index (κ1) is 34.5. The molecule has 0 bridgehead atoms. The first-order chi connectivity index (χ1) is 21.9. The van der Waals surface area contributed by atoms with E-state index in [0.29, 0.717) is 35.9 Å². The Labute approximate surface area is 280 Å². The van der Waals surface area contributed by atoms with E-state index in [1.165, 1.54) is 11.1 Å². The number of halogens is 1. The van der Waals surface area contributed by atoms with E-state index in [4.69, 9.17) is 26.7 Å². The van der Waals surface area contributed by atoms with Crippen molar-refractivity contribution in [3.8, 4) is 11.5 Å². The Morgan fingerprint density at radius 2 is 1.65 bits per heavy atom. The van der Waals surface area contributed by atoms with E-state index in [2.05, 4.69) is 55.3 Å². The predicted octanol–water partition coefficient (Wildman–Crippen LogP) is 5.00. The lowest BCUT2D eigenvalue weighted by Crippen LogP contribution is -2.46. The number of rotatable bonds is 11. The van der Waals surface area contributed by atoms with Gasteiger partial charge in [-0.3, -0.25) is 4.90 Å². The normalized spacial score (nSPS) is 14.1. The highest BCUT2D eigenvalue weighted by molar-refractivity contribution is 9.10. The minimum Gasteiger partial charge on any atom is -0.507 e. The number of amides is 1. The molecule has 4 rings (SSSR count). The molecule has 0 atom stereocenters. The molecule has 1 fully saturated rings. The second-order valence-corrected chi connectivity index (χ2v) is 13.2. The Bertz CT molecular complexity index is 1540. The average molecular weight is 694 g/mol. The minimum atomic E-state index is -0.558. The number of aromatic hydroxyl groups is 1. The summed E-state index contributed by atoms with van der Waals surface area (Å²) in [7, 11) is 0. The summed E-state index contributed by atoms with van der Waals surface area (Å²) in [5.41, 5.74) is 22.7. The average Bonchev–Trinajstić information content (AvgIpc) is 3.00. The number of nitrogens with one attached hydrogen (secondary N) is 1. The molecule has 1 aliphatic heterocycles. The highest BCUT2D eigenvalue weighted by Crippen LogP contribution is 2.25. The zero-order chi connectivity index (χ0) is 33.3. The number of nitrogens with zero attached hydrogens (tertiary/aromatic N) is 2. The number of phenols is 1. The Morgan fingerprint density at radius 1 is 0.978 bits per heavy atom. The maximum Gasteiger partial charge on any atom is 0.407 e. The molecule has 46 heavy (non-hydrogen) atoms. The minimum absolute atomic E-state index is 0.109. The molecule has 10 nitrogen and oxygen atoms in total. The summed E-state index contributed by atoms with van der Waals surface area (Å²) < 4.78 is 12.4. The summed E-state index contributed by atoms with van der Waals surface area (Å²) in [4.78, 5) is 16.6. The molecule has 0 aliphatic carbocycles. The molecule has 246 valence electrons. The fourth-order valence-electron chi connectivity index (χ4n) is 5.09. The van der Waals surface area contributed by atoms with Crippen LogP contribution in [-0.2, 0) is 24.2 Å². The van der Waals surface area contributed by atoms with Crippen molar-refractivity contribution in [2.45, 2.75) is 45.9 Å². The lowest BCUT2D eigenvalue weighted by atomic mass is 10.1. The topological polar surface area (TPSA) is 152 Å². The molecule has 0 unspecified atom stereocenters. The standard InChI is InChI=1S/C35H45BrN6O4/c1-35(2,3)46-34(44)40-22-26-12-13-27(36)20-32(26)45-19-14-24-8-10-25(11-9-24)23-41-15-17-42(18-16-41)30(33(38)39)21-29(37)28-6-4-5-7-31(28)43/h4-13,20-21,43H,14-19,22-23,37-39H2,1-3H3,(H,40,44)/b29-21-. The van der Waals surface area contributed by atoms with Crippen LogP contribution in [-0.4, -0.2) is 59.4 Å². The van der Waals surface area contributed by atoms with Gasteiger partial charge in [-0.1, -0.05) is 58.4 Å². The van der Waals surface area contributed by atoms with Crippen molar-refractivity contribution in [3.63, 3.8) is 0 Å². The van der Waals surface area contributed by atoms with E-state index in [0.717, 1.165) is 49.2 Å². The number of carbonyl (C=O) groups is 1. The molecule has 0 radical (unpaired) electrons. The zero-order valence-corrected chi connectivity index (χ0v) is 28.3. The highest BCUT2D eigenvalue weighted by atomic mass is 79.9. The van der Waals surface area contributed by atoms with Gasteiger partial charge in [0.2, 0.25) is 0 Å². The van der Waals surface area contributed by atoms with Gasteiger partial charge in [-0.2, -0.15) is 0 Å². The number of nitrogens with two attached hydrogens (primary N) is 3. The second kappa shape index (κ2) is 15.8. The molecule has 1 amide bonds. The third-order valence-corrected chi connectivity index (χ3v) is 7.94. The van der Waals surface area contributed by atoms with Gasteiger partial charge in [0.15, 0.2) is 0 Å². The van der Waals surface area contributed by atoms with Crippen LogP contribution >= 0.6 is 15.9 Å². The van der Waals surface area contributed by atoms with Crippen LogP contribution < -0.4 is 27.3 Å². The number of ether oxygens (including phenoxy) is 2.